The standard InChI is InChI=1S/C13H18BFO4/c1-12(2)13(3,4)19-14(18-12)8-6-7-9(17-5)11(16)10(8)15/h6-7,16H,1-5H3. The number of benzene rings is 1. The van der Waals surface area contributed by atoms with Crippen molar-refractivity contribution < 1.29 is 23.5 Å². The maximum atomic E-state index is 14.1. The highest BCUT2D eigenvalue weighted by atomic mass is 19.1. The number of hydrogen-bond acceptors (Lipinski definition) is 4. The Morgan fingerprint density at radius 2 is 1.68 bits per heavy atom. The molecule has 0 unspecified atom stereocenters. The lowest BCUT2D eigenvalue weighted by molar-refractivity contribution is 0.00578. The van der Waals surface area contributed by atoms with Crippen LogP contribution >= 0.6 is 0 Å². The van der Waals surface area contributed by atoms with Crippen molar-refractivity contribution in [2.45, 2.75) is 38.9 Å². The van der Waals surface area contributed by atoms with Crippen molar-refractivity contribution in [1.29, 1.82) is 0 Å². The van der Waals surface area contributed by atoms with Crippen LogP contribution in [-0.2, 0) is 9.31 Å². The van der Waals surface area contributed by atoms with Gasteiger partial charge in [-0.05, 0) is 33.8 Å². The highest BCUT2D eigenvalue weighted by Gasteiger charge is 2.52. The lowest BCUT2D eigenvalue weighted by Crippen LogP contribution is -2.41. The summed E-state index contributed by atoms with van der Waals surface area (Å²) in [5.74, 6) is -1.23. The van der Waals surface area contributed by atoms with Crippen LogP contribution in [0.5, 0.6) is 11.5 Å². The molecule has 0 bridgehead atoms. The van der Waals surface area contributed by atoms with Crippen LogP contribution in [0.15, 0.2) is 12.1 Å². The molecule has 0 atom stereocenters. The monoisotopic (exact) mass is 268 g/mol. The molecule has 0 amide bonds. The highest BCUT2D eigenvalue weighted by molar-refractivity contribution is 6.62. The van der Waals surface area contributed by atoms with Gasteiger partial charge in [-0.3, -0.25) is 0 Å². The quantitative estimate of drug-likeness (QED) is 0.831. The molecule has 1 N–H and O–H groups in total. The molecule has 1 aliphatic heterocycles. The second kappa shape index (κ2) is 4.39. The number of hydrogen-bond donors (Lipinski definition) is 1. The molecule has 0 spiro atoms. The summed E-state index contributed by atoms with van der Waals surface area (Å²) in [5, 5.41) is 9.69. The van der Waals surface area contributed by atoms with Gasteiger partial charge in [0.2, 0.25) is 0 Å². The molecule has 6 heteroatoms. The number of ether oxygens (including phenoxy) is 1. The second-order valence-electron chi connectivity index (χ2n) is 5.61. The van der Waals surface area contributed by atoms with Crippen molar-refractivity contribution in [3.05, 3.63) is 17.9 Å². The zero-order valence-corrected chi connectivity index (χ0v) is 11.8. The molecule has 1 saturated heterocycles. The van der Waals surface area contributed by atoms with Crippen molar-refractivity contribution in [2.24, 2.45) is 0 Å². The molecule has 19 heavy (non-hydrogen) atoms. The average molecular weight is 268 g/mol. The van der Waals surface area contributed by atoms with E-state index in [1.807, 2.05) is 27.7 Å². The first kappa shape index (κ1) is 14.2. The smallest absolute Gasteiger partial charge is 0.498 e. The van der Waals surface area contributed by atoms with Gasteiger partial charge in [0.15, 0.2) is 17.3 Å². The highest BCUT2D eigenvalue weighted by Crippen LogP contribution is 2.37. The lowest BCUT2D eigenvalue weighted by atomic mass is 9.78. The Kier molecular flexibility index (Phi) is 3.27. The normalized spacial score (nSPS) is 20.6. The van der Waals surface area contributed by atoms with E-state index >= 15 is 0 Å². The van der Waals surface area contributed by atoms with Gasteiger partial charge in [-0.1, -0.05) is 6.07 Å². The Hall–Kier alpha value is -1.27. The summed E-state index contributed by atoms with van der Waals surface area (Å²) in [5.41, 5.74) is -0.948. The van der Waals surface area contributed by atoms with Gasteiger partial charge in [0.1, 0.15) is 0 Å². The minimum absolute atomic E-state index is 0.0813. The van der Waals surface area contributed by atoms with Crippen LogP contribution in [0.1, 0.15) is 27.7 Å². The number of halogens is 1. The molecule has 0 aromatic heterocycles. The number of aromatic hydroxyl groups is 1. The van der Waals surface area contributed by atoms with Gasteiger partial charge < -0.3 is 19.2 Å². The Bertz CT molecular complexity index is 486. The van der Waals surface area contributed by atoms with Crippen molar-refractivity contribution in [1.82, 2.24) is 0 Å². The average Bonchev–Trinajstić information content (AvgIpc) is 2.51. The molecule has 4 nitrogen and oxygen atoms in total. The topological polar surface area (TPSA) is 47.9 Å². The molecule has 1 heterocycles. The van der Waals surface area contributed by atoms with Crippen LogP contribution in [0.2, 0.25) is 0 Å². The maximum Gasteiger partial charge on any atom is 0.498 e. The molecule has 1 aliphatic rings. The second-order valence-corrected chi connectivity index (χ2v) is 5.61. The van der Waals surface area contributed by atoms with Gasteiger partial charge in [0.05, 0.1) is 18.3 Å². The minimum atomic E-state index is -0.846. The largest absolute Gasteiger partial charge is 0.502 e. The van der Waals surface area contributed by atoms with E-state index < -0.39 is 29.9 Å². The van der Waals surface area contributed by atoms with Gasteiger partial charge in [-0.25, -0.2) is 4.39 Å². The van der Waals surface area contributed by atoms with Crippen LogP contribution in [0.4, 0.5) is 4.39 Å². The van der Waals surface area contributed by atoms with E-state index in [2.05, 4.69) is 0 Å². The maximum absolute atomic E-state index is 14.1. The van der Waals surface area contributed by atoms with Gasteiger partial charge >= 0.3 is 7.12 Å². The summed E-state index contributed by atoms with van der Waals surface area (Å²) >= 11 is 0. The molecular formula is C13H18BFO4. The summed E-state index contributed by atoms with van der Waals surface area (Å²) < 4.78 is 30.5. The van der Waals surface area contributed by atoms with Crippen LogP contribution < -0.4 is 10.2 Å². The predicted molar refractivity (Wildman–Crippen MR) is 70.3 cm³/mol. The summed E-state index contributed by atoms with van der Waals surface area (Å²) in [7, 11) is 0.518. The molecule has 0 radical (unpaired) electrons. The SMILES string of the molecule is COc1ccc(B2OC(C)(C)C(C)(C)O2)c(F)c1O. The Morgan fingerprint density at radius 3 is 2.16 bits per heavy atom. The van der Waals surface area contributed by atoms with Crippen molar-refractivity contribution in [2.75, 3.05) is 7.11 Å². The van der Waals surface area contributed by atoms with Gasteiger partial charge in [0, 0.05) is 5.46 Å². The minimum Gasteiger partial charge on any atom is -0.502 e. The van der Waals surface area contributed by atoms with E-state index in [0.29, 0.717) is 0 Å². The third-order valence-electron chi connectivity index (χ3n) is 3.84. The van der Waals surface area contributed by atoms with E-state index in [0.717, 1.165) is 0 Å². The van der Waals surface area contributed by atoms with Gasteiger partial charge in [-0.15, -0.1) is 0 Å². The van der Waals surface area contributed by atoms with Crippen LogP contribution in [0, 0.1) is 5.82 Å². The first-order chi connectivity index (χ1) is 8.69. The van der Waals surface area contributed by atoms with E-state index in [9.17, 15) is 9.50 Å². The molecule has 1 aromatic carbocycles. The number of phenols is 1. The van der Waals surface area contributed by atoms with Crippen LogP contribution in [-0.4, -0.2) is 30.5 Å². The van der Waals surface area contributed by atoms with E-state index in [-0.39, 0.29) is 11.2 Å². The van der Waals surface area contributed by atoms with Crippen LogP contribution in [0.25, 0.3) is 0 Å². The molecule has 0 aliphatic carbocycles. The summed E-state index contributed by atoms with van der Waals surface area (Å²) in [6.45, 7) is 7.53. The zero-order valence-electron chi connectivity index (χ0n) is 11.8. The number of phenolic OH excluding ortho intramolecular Hbond substituents is 1. The third-order valence-corrected chi connectivity index (χ3v) is 3.84. The predicted octanol–water partition coefficient (Wildman–Crippen LogP) is 1.84. The fraction of sp³-hybridized carbons (Fsp3) is 0.538. The fourth-order valence-corrected chi connectivity index (χ4v) is 1.88. The zero-order chi connectivity index (χ0) is 14.4. The van der Waals surface area contributed by atoms with Gasteiger partial charge in [0.25, 0.3) is 0 Å². The Labute approximate surface area is 112 Å². The molecule has 0 saturated carbocycles. The Morgan fingerprint density at radius 1 is 1.16 bits per heavy atom. The molecule has 1 fully saturated rings. The summed E-state index contributed by atoms with van der Waals surface area (Å²) in [6.07, 6.45) is 0. The third kappa shape index (κ3) is 2.19. The van der Waals surface area contributed by atoms with Gasteiger partial charge in [-0.2, -0.15) is 0 Å². The Balaban J connectivity index is 2.38. The van der Waals surface area contributed by atoms with E-state index in [1.165, 1.54) is 19.2 Å². The fourth-order valence-electron chi connectivity index (χ4n) is 1.88. The molecule has 104 valence electrons. The summed E-state index contributed by atoms with van der Waals surface area (Å²) in [6, 6.07) is 2.98. The number of rotatable bonds is 2. The summed E-state index contributed by atoms with van der Waals surface area (Å²) in [4.78, 5) is 0. The first-order valence-corrected chi connectivity index (χ1v) is 6.10. The van der Waals surface area contributed by atoms with Crippen molar-refractivity contribution in [3.8, 4) is 11.5 Å². The molecule has 2 rings (SSSR count). The lowest BCUT2D eigenvalue weighted by Gasteiger charge is -2.32. The van der Waals surface area contributed by atoms with E-state index in [1.54, 1.807) is 0 Å². The molecule has 1 aromatic rings. The van der Waals surface area contributed by atoms with E-state index in [4.69, 9.17) is 14.0 Å². The first-order valence-electron chi connectivity index (χ1n) is 6.10. The molecular weight excluding hydrogens is 250 g/mol. The van der Waals surface area contributed by atoms with Crippen LogP contribution in [0.3, 0.4) is 0 Å². The number of methoxy groups -OCH3 is 1. The van der Waals surface area contributed by atoms with Crippen molar-refractivity contribution >= 4 is 12.6 Å². The van der Waals surface area contributed by atoms with Crippen molar-refractivity contribution in [3.63, 3.8) is 0 Å².